The van der Waals surface area contributed by atoms with Crippen molar-refractivity contribution in [3.05, 3.63) is 65.2 Å². The molecule has 5 heteroatoms. The van der Waals surface area contributed by atoms with Crippen LogP contribution in [0.25, 0.3) is 0 Å². The smallest absolute Gasteiger partial charge is 0.242 e. The molecule has 0 heterocycles. The molecule has 0 saturated carbocycles. The van der Waals surface area contributed by atoms with E-state index in [1.54, 1.807) is 18.9 Å². The summed E-state index contributed by atoms with van der Waals surface area (Å²) in [6, 6.07) is 14.9. The molecule has 0 radical (unpaired) electrons. The molecule has 2 rings (SSSR count). The van der Waals surface area contributed by atoms with Crippen molar-refractivity contribution in [2.24, 2.45) is 0 Å². The third-order valence-electron chi connectivity index (χ3n) is 5.11. The number of nitrogens with zero attached hydrogens (tertiary/aromatic N) is 1. The van der Waals surface area contributed by atoms with Gasteiger partial charge in [0.05, 0.1) is 13.5 Å². The summed E-state index contributed by atoms with van der Waals surface area (Å²) in [7, 11) is 1.62. The minimum absolute atomic E-state index is 0.0618. The maximum atomic E-state index is 13.2. The first-order valence-electron chi connectivity index (χ1n) is 10.2. The lowest BCUT2D eigenvalue weighted by Crippen LogP contribution is -2.48. The van der Waals surface area contributed by atoms with Gasteiger partial charge in [0.1, 0.15) is 11.8 Å². The van der Waals surface area contributed by atoms with E-state index in [1.165, 1.54) is 0 Å². The van der Waals surface area contributed by atoms with Crippen molar-refractivity contribution < 1.29 is 14.3 Å². The zero-order chi connectivity index (χ0) is 21.2. The van der Waals surface area contributed by atoms with Gasteiger partial charge in [0.2, 0.25) is 11.8 Å². The maximum absolute atomic E-state index is 13.2. The van der Waals surface area contributed by atoms with Gasteiger partial charge >= 0.3 is 0 Å². The Morgan fingerprint density at radius 3 is 2.41 bits per heavy atom. The Hall–Kier alpha value is -2.82. The van der Waals surface area contributed by atoms with Crippen LogP contribution in [0.4, 0.5) is 0 Å². The van der Waals surface area contributed by atoms with Crippen molar-refractivity contribution in [2.75, 3.05) is 13.7 Å². The van der Waals surface area contributed by atoms with E-state index in [0.29, 0.717) is 13.1 Å². The molecule has 0 bridgehead atoms. The fraction of sp³-hybridized carbons (Fsp3) is 0.417. The molecule has 0 saturated heterocycles. The number of methoxy groups -OCH3 is 1. The molecule has 2 aromatic carbocycles. The number of aryl methyl sites for hydroxylation is 1. The van der Waals surface area contributed by atoms with E-state index < -0.39 is 6.04 Å². The molecule has 0 aliphatic heterocycles. The number of amides is 2. The van der Waals surface area contributed by atoms with Gasteiger partial charge < -0.3 is 15.0 Å². The Balaban J connectivity index is 2.19. The van der Waals surface area contributed by atoms with Gasteiger partial charge in [-0.3, -0.25) is 9.59 Å². The van der Waals surface area contributed by atoms with Gasteiger partial charge in [0, 0.05) is 13.1 Å². The third kappa shape index (κ3) is 6.63. The zero-order valence-corrected chi connectivity index (χ0v) is 17.9. The van der Waals surface area contributed by atoms with E-state index in [1.807, 2.05) is 55.5 Å². The molecule has 0 aliphatic rings. The van der Waals surface area contributed by atoms with Crippen molar-refractivity contribution in [2.45, 2.75) is 52.6 Å². The minimum atomic E-state index is -0.550. The van der Waals surface area contributed by atoms with Crippen LogP contribution < -0.4 is 10.1 Å². The highest BCUT2D eigenvalue weighted by atomic mass is 16.5. The van der Waals surface area contributed by atoms with Crippen LogP contribution in [-0.2, 0) is 22.6 Å². The number of carbonyl (C=O) groups is 2. The Bertz CT molecular complexity index is 802. The van der Waals surface area contributed by atoms with Gasteiger partial charge in [-0.2, -0.15) is 0 Å². The predicted molar refractivity (Wildman–Crippen MR) is 116 cm³/mol. The number of nitrogens with one attached hydrogen (secondary N) is 1. The van der Waals surface area contributed by atoms with Crippen LogP contribution in [0.2, 0.25) is 0 Å². The van der Waals surface area contributed by atoms with Gasteiger partial charge in [-0.25, -0.2) is 0 Å². The minimum Gasteiger partial charge on any atom is -0.497 e. The summed E-state index contributed by atoms with van der Waals surface area (Å²) in [4.78, 5) is 27.5. The molecule has 1 N–H and O–H groups in total. The van der Waals surface area contributed by atoms with E-state index in [4.69, 9.17) is 4.74 Å². The highest BCUT2D eigenvalue weighted by Gasteiger charge is 2.26. The summed E-state index contributed by atoms with van der Waals surface area (Å²) >= 11 is 0. The quantitative estimate of drug-likeness (QED) is 0.620. The first-order chi connectivity index (χ1) is 14.0. The third-order valence-corrected chi connectivity index (χ3v) is 5.11. The Morgan fingerprint density at radius 2 is 1.79 bits per heavy atom. The van der Waals surface area contributed by atoms with Gasteiger partial charge in [-0.15, -0.1) is 0 Å². The average Bonchev–Trinajstić information content (AvgIpc) is 2.73. The number of benzene rings is 2. The number of hydrogen-bond acceptors (Lipinski definition) is 3. The van der Waals surface area contributed by atoms with Crippen LogP contribution >= 0.6 is 0 Å². The van der Waals surface area contributed by atoms with Crippen LogP contribution in [0.15, 0.2) is 48.5 Å². The second kappa shape index (κ2) is 11.2. The van der Waals surface area contributed by atoms with Crippen molar-refractivity contribution in [1.29, 1.82) is 0 Å². The van der Waals surface area contributed by atoms with Gasteiger partial charge in [-0.05, 0) is 49.1 Å². The molecule has 0 fully saturated rings. The predicted octanol–water partition coefficient (Wildman–Crippen LogP) is 3.88. The van der Waals surface area contributed by atoms with Crippen LogP contribution in [0.1, 0.15) is 43.4 Å². The second-order valence-corrected chi connectivity index (χ2v) is 7.29. The Morgan fingerprint density at radius 1 is 1.10 bits per heavy atom. The molecule has 0 aliphatic carbocycles. The largest absolute Gasteiger partial charge is 0.497 e. The summed E-state index contributed by atoms with van der Waals surface area (Å²) in [6.07, 6.45) is 2.21. The van der Waals surface area contributed by atoms with Gasteiger partial charge in [0.25, 0.3) is 0 Å². The van der Waals surface area contributed by atoms with Crippen molar-refractivity contribution in [1.82, 2.24) is 10.2 Å². The highest BCUT2D eigenvalue weighted by Crippen LogP contribution is 2.17. The molecule has 2 aromatic rings. The number of carbonyl (C=O) groups excluding carboxylic acids is 2. The van der Waals surface area contributed by atoms with Gasteiger partial charge in [0.15, 0.2) is 0 Å². The Kier molecular flexibility index (Phi) is 8.71. The lowest BCUT2D eigenvalue weighted by Gasteiger charge is -2.29. The molecule has 0 aromatic heterocycles. The standard InChI is InChI=1S/C24H32N2O3/c1-5-6-15-25-24(28)19(3)26(17-20-11-13-22(29-4)14-12-20)23(27)16-21-10-8-7-9-18(21)2/h7-14,19H,5-6,15-17H2,1-4H3,(H,25,28)/t19-/m1/s1. The molecular weight excluding hydrogens is 364 g/mol. The number of hydrogen-bond donors (Lipinski definition) is 1. The lowest BCUT2D eigenvalue weighted by atomic mass is 10.0. The normalized spacial score (nSPS) is 11.6. The lowest BCUT2D eigenvalue weighted by molar-refractivity contribution is -0.140. The van der Waals surface area contributed by atoms with E-state index in [-0.39, 0.29) is 18.2 Å². The molecule has 29 heavy (non-hydrogen) atoms. The monoisotopic (exact) mass is 396 g/mol. The molecule has 156 valence electrons. The van der Waals surface area contributed by atoms with Crippen LogP contribution in [0.3, 0.4) is 0 Å². The second-order valence-electron chi connectivity index (χ2n) is 7.29. The SMILES string of the molecule is CCCCNC(=O)[C@@H](C)N(Cc1ccc(OC)cc1)C(=O)Cc1ccccc1C. The van der Waals surface area contributed by atoms with Crippen molar-refractivity contribution in [3.8, 4) is 5.75 Å². The van der Waals surface area contributed by atoms with Crippen LogP contribution in [0.5, 0.6) is 5.75 Å². The van der Waals surface area contributed by atoms with Crippen LogP contribution in [0, 0.1) is 6.92 Å². The van der Waals surface area contributed by atoms with Crippen LogP contribution in [-0.4, -0.2) is 36.4 Å². The van der Waals surface area contributed by atoms with E-state index in [2.05, 4.69) is 12.2 Å². The average molecular weight is 397 g/mol. The molecule has 2 amide bonds. The van der Waals surface area contributed by atoms with E-state index in [9.17, 15) is 9.59 Å². The van der Waals surface area contributed by atoms with E-state index in [0.717, 1.165) is 35.3 Å². The maximum Gasteiger partial charge on any atom is 0.242 e. The summed E-state index contributed by atoms with van der Waals surface area (Å²) in [5.41, 5.74) is 3.01. The molecule has 1 atom stereocenters. The fourth-order valence-electron chi connectivity index (χ4n) is 3.12. The first-order valence-corrected chi connectivity index (χ1v) is 10.2. The van der Waals surface area contributed by atoms with E-state index >= 15 is 0 Å². The molecule has 5 nitrogen and oxygen atoms in total. The first kappa shape index (κ1) is 22.5. The Labute approximate surface area is 174 Å². The summed E-state index contributed by atoms with van der Waals surface area (Å²) in [5, 5.41) is 2.95. The van der Waals surface area contributed by atoms with Crippen molar-refractivity contribution in [3.63, 3.8) is 0 Å². The molecule has 0 unspecified atom stereocenters. The molecule has 0 spiro atoms. The summed E-state index contributed by atoms with van der Waals surface area (Å²) < 4.78 is 5.21. The topological polar surface area (TPSA) is 58.6 Å². The highest BCUT2D eigenvalue weighted by molar-refractivity contribution is 5.88. The number of unbranched alkanes of at least 4 members (excludes halogenated alkanes) is 1. The zero-order valence-electron chi connectivity index (χ0n) is 17.9. The fourth-order valence-corrected chi connectivity index (χ4v) is 3.12. The summed E-state index contributed by atoms with van der Waals surface area (Å²) in [5.74, 6) is 0.579. The van der Waals surface area contributed by atoms with Gasteiger partial charge in [-0.1, -0.05) is 49.7 Å². The van der Waals surface area contributed by atoms with Crippen molar-refractivity contribution >= 4 is 11.8 Å². The summed E-state index contributed by atoms with van der Waals surface area (Å²) in [6.45, 7) is 6.87. The number of rotatable bonds is 10. The molecular formula is C24H32N2O3. The number of ether oxygens (including phenoxy) is 1.